The van der Waals surface area contributed by atoms with Gasteiger partial charge in [0.25, 0.3) is 0 Å². The molecule has 86 valence electrons. The lowest BCUT2D eigenvalue weighted by atomic mass is 10.1. The third-order valence-corrected chi connectivity index (χ3v) is 3.26. The van der Waals surface area contributed by atoms with Crippen LogP contribution in [0.1, 0.15) is 15.9 Å². The smallest absolute Gasteiger partial charge is 0.196 e. The van der Waals surface area contributed by atoms with Crippen molar-refractivity contribution in [1.82, 2.24) is 4.98 Å². The van der Waals surface area contributed by atoms with E-state index in [1.54, 1.807) is 18.2 Å². The quantitative estimate of drug-likeness (QED) is 0.772. The molecule has 0 aliphatic rings. The molecule has 1 aromatic heterocycles. The lowest BCUT2D eigenvalue weighted by Crippen LogP contribution is -2.02. The average molecular weight is 287 g/mol. The molecule has 1 aromatic carbocycles. The Kier molecular flexibility index (Phi) is 3.67. The molecule has 17 heavy (non-hydrogen) atoms. The van der Waals surface area contributed by atoms with Gasteiger partial charge in [-0.3, -0.25) is 9.78 Å². The Balaban J connectivity index is 2.44. The van der Waals surface area contributed by atoms with Crippen molar-refractivity contribution in [1.29, 1.82) is 0 Å². The van der Waals surface area contributed by atoms with Crippen molar-refractivity contribution >= 4 is 40.6 Å². The first-order valence-corrected chi connectivity index (χ1v) is 5.82. The van der Waals surface area contributed by atoms with Crippen LogP contribution in [0.4, 0.5) is 0 Å². The number of hydrogen-bond donors (Lipinski definition) is 0. The molecule has 0 bridgehead atoms. The SMILES string of the molecule is O=C(c1ccc(Cl)c(Cl)c1)c1cnccc1Cl. The second-order valence-electron chi connectivity index (χ2n) is 3.31. The highest BCUT2D eigenvalue weighted by molar-refractivity contribution is 6.42. The summed E-state index contributed by atoms with van der Waals surface area (Å²) in [4.78, 5) is 16.0. The van der Waals surface area contributed by atoms with Crippen molar-refractivity contribution in [2.45, 2.75) is 0 Å². The van der Waals surface area contributed by atoms with E-state index in [-0.39, 0.29) is 5.78 Å². The number of nitrogens with zero attached hydrogens (tertiary/aromatic N) is 1. The standard InChI is InChI=1S/C12H6Cl3NO/c13-9-3-4-16-6-8(9)12(17)7-1-2-10(14)11(15)5-7/h1-6H. The zero-order valence-electron chi connectivity index (χ0n) is 8.45. The zero-order chi connectivity index (χ0) is 12.4. The normalized spacial score (nSPS) is 10.3. The van der Waals surface area contributed by atoms with E-state index in [1.807, 2.05) is 0 Å². The number of hydrogen-bond acceptors (Lipinski definition) is 2. The van der Waals surface area contributed by atoms with Crippen molar-refractivity contribution in [3.05, 3.63) is 62.9 Å². The minimum atomic E-state index is -0.235. The molecule has 0 aliphatic heterocycles. The van der Waals surface area contributed by atoms with Crippen LogP contribution < -0.4 is 0 Å². The Morgan fingerprint density at radius 1 is 1.00 bits per heavy atom. The maximum atomic E-state index is 12.1. The van der Waals surface area contributed by atoms with Gasteiger partial charge in [-0.25, -0.2) is 0 Å². The highest BCUT2D eigenvalue weighted by Gasteiger charge is 2.13. The van der Waals surface area contributed by atoms with E-state index in [9.17, 15) is 4.79 Å². The van der Waals surface area contributed by atoms with Gasteiger partial charge in [-0.15, -0.1) is 0 Å². The summed E-state index contributed by atoms with van der Waals surface area (Å²) in [5, 5.41) is 1.09. The molecule has 0 fully saturated rings. The number of benzene rings is 1. The largest absolute Gasteiger partial charge is 0.288 e. The summed E-state index contributed by atoms with van der Waals surface area (Å²) >= 11 is 17.6. The highest BCUT2D eigenvalue weighted by Crippen LogP contribution is 2.25. The fraction of sp³-hybridized carbons (Fsp3) is 0. The van der Waals surface area contributed by atoms with Crippen LogP contribution in [0, 0.1) is 0 Å². The van der Waals surface area contributed by atoms with Gasteiger partial charge in [0.15, 0.2) is 5.78 Å². The molecule has 0 atom stereocenters. The Labute approximate surface area is 113 Å². The van der Waals surface area contributed by atoms with Gasteiger partial charge in [-0.2, -0.15) is 0 Å². The molecular weight excluding hydrogens is 280 g/mol. The molecule has 0 spiro atoms. The minimum absolute atomic E-state index is 0.235. The third-order valence-electron chi connectivity index (χ3n) is 2.19. The van der Waals surface area contributed by atoms with E-state index >= 15 is 0 Å². The fourth-order valence-electron chi connectivity index (χ4n) is 1.34. The van der Waals surface area contributed by atoms with Gasteiger partial charge in [-0.1, -0.05) is 34.8 Å². The van der Waals surface area contributed by atoms with E-state index in [2.05, 4.69) is 4.98 Å². The predicted octanol–water partition coefficient (Wildman–Crippen LogP) is 4.27. The maximum Gasteiger partial charge on any atom is 0.196 e. The molecule has 1 heterocycles. The molecule has 0 saturated heterocycles. The lowest BCUT2D eigenvalue weighted by Gasteiger charge is -2.04. The van der Waals surface area contributed by atoms with Crippen molar-refractivity contribution < 1.29 is 4.79 Å². The van der Waals surface area contributed by atoms with Crippen LogP contribution in [0.15, 0.2) is 36.7 Å². The van der Waals surface area contributed by atoms with Crippen molar-refractivity contribution in [3.63, 3.8) is 0 Å². The van der Waals surface area contributed by atoms with Crippen molar-refractivity contribution in [3.8, 4) is 0 Å². The van der Waals surface area contributed by atoms with E-state index in [1.165, 1.54) is 18.5 Å². The summed E-state index contributed by atoms with van der Waals surface area (Å²) in [6.07, 6.45) is 2.95. The lowest BCUT2D eigenvalue weighted by molar-refractivity contribution is 0.103. The van der Waals surface area contributed by atoms with Gasteiger partial charge in [0.2, 0.25) is 0 Å². The molecule has 2 rings (SSSR count). The Morgan fingerprint density at radius 2 is 1.76 bits per heavy atom. The van der Waals surface area contributed by atoms with Crippen molar-refractivity contribution in [2.24, 2.45) is 0 Å². The molecule has 0 amide bonds. The Bertz CT molecular complexity index is 584. The summed E-state index contributed by atoms with van der Waals surface area (Å²) in [6, 6.07) is 6.24. The maximum absolute atomic E-state index is 12.1. The van der Waals surface area contributed by atoms with Gasteiger partial charge < -0.3 is 0 Å². The van der Waals surface area contributed by atoms with Crippen LogP contribution in [0.25, 0.3) is 0 Å². The van der Waals surface area contributed by atoms with Gasteiger partial charge >= 0.3 is 0 Å². The zero-order valence-corrected chi connectivity index (χ0v) is 10.7. The number of pyridine rings is 1. The molecule has 2 aromatic rings. The average Bonchev–Trinajstić information content (AvgIpc) is 2.32. The number of rotatable bonds is 2. The van der Waals surface area contributed by atoms with Crippen LogP contribution in [0.3, 0.4) is 0 Å². The van der Waals surface area contributed by atoms with Gasteiger partial charge in [-0.05, 0) is 24.3 Å². The van der Waals surface area contributed by atoms with Crippen LogP contribution in [-0.2, 0) is 0 Å². The second-order valence-corrected chi connectivity index (χ2v) is 4.54. The first-order valence-electron chi connectivity index (χ1n) is 4.69. The summed E-state index contributed by atoms with van der Waals surface area (Å²) in [7, 11) is 0. The molecule has 0 unspecified atom stereocenters. The molecule has 0 N–H and O–H groups in total. The summed E-state index contributed by atoms with van der Waals surface area (Å²) in [5.74, 6) is -0.235. The third kappa shape index (κ3) is 2.60. The minimum Gasteiger partial charge on any atom is -0.288 e. The topological polar surface area (TPSA) is 30.0 Å². The number of halogens is 3. The number of carbonyl (C=O) groups excluding carboxylic acids is 1. The first kappa shape index (κ1) is 12.4. The van der Waals surface area contributed by atoms with Crippen molar-refractivity contribution in [2.75, 3.05) is 0 Å². The molecular formula is C12H6Cl3NO. The van der Waals surface area contributed by atoms with Crippen LogP contribution in [0.2, 0.25) is 15.1 Å². The van der Waals surface area contributed by atoms with E-state index in [4.69, 9.17) is 34.8 Å². The Hall–Kier alpha value is -1.09. The van der Waals surface area contributed by atoms with Gasteiger partial charge in [0.1, 0.15) is 0 Å². The number of aromatic nitrogens is 1. The van der Waals surface area contributed by atoms with Crippen LogP contribution in [0.5, 0.6) is 0 Å². The van der Waals surface area contributed by atoms with Crippen LogP contribution in [-0.4, -0.2) is 10.8 Å². The summed E-state index contributed by atoms with van der Waals surface area (Å²) in [6.45, 7) is 0. The van der Waals surface area contributed by atoms with E-state index in [0.717, 1.165) is 0 Å². The fourth-order valence-corrected chi connectivity index (χ4v) is 1.83. The van der Waals surface area contributed by atoms with Gasteiger partial charge in [0.05, 0.1) is 20.6 Å². The molecule has 2 nitrogen and oxygen atoms in total. The van der Waals surface area contributed by atoms with E-state index in [0.29, 0.717) is 26.2 Å². The van der Waals surface area contributed by atoms with Crippen LogP contribution >= 0.6 is 34.8 Å². The molecule has 0 radical (unpaired) electrons. The first-order chi connectivity index (χ1) is 8.09. The summed E-state index contributed by atoms with van der Waals surface area (Å²) < 4.78 is 0. The number of carbonyl (C=O) groups is 1. The second kappa shape index (κ2) is 5.05. The van der Waals surface area contributed by atoms with Gasteiger partial charge in [0, 0.05) is 18.0 Å². The Morgan fingerprint density at radius 3 is 2.41 bits per heavy atom. The van der Waals surface area contributed by atoms with E-state index < -0.39 is 0 Å². The monoisotopic (exact) mass is 285 g/mol. The summed E-state index contributed by atoms with van der Waals surface area (Å²) in [5.41, 5.74) is 0.766. The predicted molar refractivity (Wildman–Crippen MR) is 69.1 cm³/mol. The molecule has 0 saturated carbocycles. The number of ketones is 1. The molecule has 0 aliphatic carbocycles. The molecule has 5 heteroatoms. The highest BCUT2D eigenvalue weighted by atomic mass is 35.5.